The zero-order valence-electron chi connectivity index (χ0n) is 13.7. The Kier molecular flexibility index (Phi) is 6.38. The van der Waals surface area contributed by atoms with Gasteiger partial charge in [0.2, 0.25) is 0 Å². The van der Waals surface area contributed by atoms with Crippen molar-refractivity contribution in [1.29, 1.82) is 0 Å². The summed E-state index contributed by atoms with van der Waals surface area (Å²) in [5.41, 5.74) is 2.49. The van der Waals surface area contributed by atoms with Gasteiger partial charge in [0.1, 0.15) is 0 Å². The molecule has 1 N–H and O–H groups in total. The van der Waals surface area contributed by atoms with Gasteiger partial charge >= 0.3 is 0 Å². The summed E-state index contributed by atoms with van der Waals surface area (Å²) in [4.78, 5) is 2.47. The maximum absolute atomic E-state index is 6.56. The third-order valence-electron chi connectivity index (χ3n) is 4.61. The number of nitrogens with one attached hydrogen (secondary N) is 1. The Hall–Kier alpha value is -0.730. The van der Waals surface area contributed by atoms with Crippen LogP contribution in [0.5, 0.6) is 0 Å². The molecule has 118 valence electrons. The molecule has 0 saturated carbocycles. The minimum Gasteiger partial charge on any atom is -0.370 e. The average Bonchev–Trinajstić information content (AvgIpc) is 2.52. The lowest BCUT2D eigenvalue weighted by Gasteiger charge is -2.34. The standard InChI is InChI=1S/C18H29ClN2/c1-4-10-20-14(3)16-8-9-18(17(19)12-16)21-11-6-7-15(5-2)13-21/h8-9,12,14-15,20H,4-7,10-11,13H2,1-3H3. The Labute approximate surface area is 134 Å². The van der Waals surface area contributed by atoms with E-state index in [0.717, 1.165) is 37.0 Å². The molecule has 1 aliphatic heterocycles. The third-order valence-corrected chi connectivity index (χ3v) is 4.91. The van der Waals surface area contributed by atoms with Crippen LogP contribution in [-0.4, -0.2) is 19.6 Å². The van der Waals surface area contributed by atoms with Crippen molar-refractivity contribution in [3.8, 4) is 0 Å². The lowest BCUT2D eigenvalue weighted by molar-refractivity contribution is 0.405. The van der Waals surface area contributed by atoms with Gasteiger partial charge in [0, 0.05) is 19.1 Å². The zero-order valence-corrected chi connectivity index (χ0v) is 14.4. The fraction of sp³-hybridized carbons (Fsp3) is 0.667. The van der Waals surface area contributed by atoms with Gasteiger partial charge in [-0.15, -0.1) is 0 Å². The predicted octanol–water partition coefficient (Wildman–Crippen LogP) is 5.03. The highest BCUT2D eigenvalue weighted by atomic mass is 35.5. The Morgan fingerprint density at radius 1 is 1.38 bits per heavy atom. The Bertz CT molecular complexity index is 447. The van der Waals surface area contributed by atoms with E-state index in [9.17, 15) is 0 Å². The van der Waals surface area contributed by atoms with Crippen molar-refractivity contribution in [2.75, 3.05) is 24.5 Å². The first-order chi connectivity index (χ1) is 10.2. The first kappa shape index (κ1) is 16.6. The van der Waals surface area contributed by atoms with Crippen LogP contribution in [0.2, 0.25) is 5.02 Å². The minimum atomic E-state index is 0.362. The van der Waals surface area contributed by atoms with Crippen molar-refractivity contribution in [2.45, 2.75) is 52.5 Å². The van der Waals surface area contributed by atoms with Crippen LogP contribution in [0.3, 0.4) is 0 Å². The number of nitrogens with zero attached hydrogens (tertiary/aromatic N) is 1. The maximum Gasteiger partial charge on any atom is 0.0642 e. The van der Waals surface area contributed by atoms with Crippen LogP contribution in [0.4, 0.5) is 5.69 Å². The SMILES string of the molecule is CCCNC(C)c1ccc(N2CCCC(CC)C2)c(Cl)c1. The quantitative estimate of drug-likeness (QED) is 0.793. The number of benzene rings is 1. The van der Waals surface area contributed by atoms with E-state index in [-0.39, 0.29) is 0 Å². The van der Waals surface area contributed by atoms with Crippen molar-refractivity contribution in [3.05, 3.63) is 28.8 Å². The van der Waals surface area contributed by atoms with E-state index in [1.807, 2.05) is 0 Å². The average molecular weight is 309 g/mol. The molecule has 0 amide bonds. The van der Waals surface area contributed by atoms with Gasteiger partial charge in [-0.05, 0) is 56.3 Å². The molecule has 0 aromatic heterocycles. The predicted molar refractivity (Wildman–Crippen MR) is 93.4 cm³/mol. The summed E-state index contributed by atoms with van der Waals surface area (Å²) >= 11 is 6.56. The Morgan fingerprint density at radius 2 is 2.19 bits per heavy atom. The molecule has 1 aliphatic rings. The van der Waals surface area contributed by atoms with Crippen molar-refractivity contribution in [2.24, 2.45) is 5.92 Å². The van der Waals surface area contributed by atoms with E-state index < -0.39 is 0 Å². The van der Waals surface area contributed by atoms with E-state index in [1.165, 1.54) is 30.5 Å². The smallest absolute Gasteiger partial charge is 0.0642 e. The highest BCUT2D eigenvalue weighted by Gasteiger charge is 2.20. The van der Waals surface area contributed by atoms with E-state index in [0.29, 0.717) is 6.04 Å². The van der Waals surface area contributed by atoms with Gasteiger partial charge in [-0.2, -0.15) is 0 Å². The number of hydrogen-bond acceptors (Lipinski definition) is 2. The largest absolute Gasteiger partial charge is 0.370 e. The second kappa shape index (κ2) is 8.05. The van der Waals surface area contributed by atoms with Crippen LogP contribution in [-0.2, 0) is 0 Å². The maximum atomic E-state index is 6.56. The molecular weight excluding hydrogens is 280 g/mol. The molecule has 2 unspecified atom stereocenters. The molecule has 0 aliphatic carbocycles. The minimum absolute atomic E-state index is 0.362. The number of hydrogen-bond donors (Lipinski definition) is 1. The fourth-order valence-electron chi connectivity index (χ4n) is 3.14. The van der Waals surface area contributed by atoms with Crippen LogP contribution in [0, 0.1) is 5.92 Å². The molecule has 1 heterocycles. The molecule has 0 spiro atoms. The monoisotopic (exact) mass is 308 g/mol. The van der Waals surface area contributed by atoms with Gasteiger partial charge in [0.05, 0.1) is 10.7 Å². The van der Waals surface area contributed by atoms with E-state index in [4.69, 9.17) is 11.6 Å². The van der Waals surface area contributed by atoms with E-state index >= 15 is 0 Å². The number of piperidine rings is 1. The molecule has 21 heavy (non-hydrogen) atoms. The van der Waals surface area contributed by atoms with Crippen molar-refractivity contribution >= 4 is 17.3 Å². The number of halogens is 1. The van der Waals surface area contributed by atoms with Gasteiger partial charge in [-0.25, -0.2) is 0 Å². The summed E-state index contributed by atoms with van der Waals surface area (Å²) in [5.74, 6) is 0.819. The van der Waals surface area contributed by atoms with Gasteiger partial charge in [-0.3, -0.25) is 0 Å². The summed E-state index contributed by atoms with van der Waals surface area (Å²) in [6.45, 7) is 10.0. The molecule has 1 aromatic carbocycles. The van der Waals surface area contributed by atoms with Crippen LogP contribution < -0.4 is 10.2 Å². The van der Waals surface area contributed by atoms with Gasteiger partial charge < -0.3 is 10.2 Å². The van der Waals surface area contributed by atoms with Crippen LogP contribution in [0.1, 0.15) is 58.1 Å². The van der Waals surface area contributed by atoms with Crippen LogP contribution in [0.15, 0.2) is 18.2 Å². The third kappa shape index (κ3) is 4.37. The number of anilines is 1. The van der Waals surface area contributed by atoms with Crippen LogP contribution in [0.25, 0.3) is 0 Å². The zero-order chi connectivity index (χ0) is 15.2. The van der Waals surface area contributed by atoms with Gasteiger partial charge in [0.15, 0.2) is 0 Å². The molecule has 2 nitrogen and oxygen atoms in total. The Balaban J connectivity index is 2.08. The second-order valence-electron chi connectivity index (χ2n) is 6.25. The summed E-state index contributed by atoms with van der Waals surface area (Å²) in [7, 11) is 0. The summed E-state index contributed by atoms with van der Waals surface area (Å²) < 4.78 is 0. The van der Waals surface area contributed by atoms with Crippen molar-refractivity contribution in [1.82, 2.24) is 5.32 Å². The highest BCUT2D eigenvalue weighted by Crippen LogP contribution is 2.32. The summed E-state index contributed by atoms with van der Waals surface area (Å²) in [6, 6.07) is 6.94. The molecule has 2 atom stereocenters. The lowest BCUT2D eigenvalue weighted by Crippen LogP contribution is -2.35. The molecule has 3 heteroatoms. The lowest BCUT2D eigenvalue weighted by atomic mass is 9.95. The molecule has 0 bridgehead atoms. The summed E-state index contributed by atoms with van der Waals surface area (Å²) in [6.07, 6.45) is 5.07. The second-order valence-corrected chi connectivity index (χ2v) is 6.66. The van der Waals surface area contributed by atoms with Crippen LogP contribution >= 0.6 is 11.6 Å². The topological polar surface area (TPSA) is 15.3 Å². The molecule has 1 aromatic rings. The highest BCUT2D eigenvalue weighted by molar-refractivity contribution is 6.33. The van der Waals surface area contributed by atoms with Crippen molar-refractivity contribution < 1.29 is 0 Å². The van der Waals surface area contributed by atoms with E-state index in [2.05, 4.69) is 49.2 Å². The molecule has 1 saturated heterocycles. The van der Waals surface area contributed by atoms with Gasteiger partial charge in [-0.1, -0.05) is 37.9 Å². The first-order valence-corrected chi connectivity index (χ1v) is 8.81. The summed E-state index contributed by atoms with van der Waals surface area (Å²) in [5, 5.41) is 4.42. The van der Waals surface area contributed by atoms with Crippen molar-refractivity contribution in [3.63, 3.8) is 0 Å². The normalized spacial score (nSPS) is 20.6. The number of rotatable bonds is 6. The fourth-order valence-corrected chi connectivity index (χ4v) is 3.45. The molecule has 0 radical (unpaired) electrons. The Morgan fingerprint density at radius 3 is 2.86 bits per heavy atom. The molecular formula is C18H29ClN2. The first-order valence-electron chi connectivity index (χ1n) is 8.43. The molecule has 2 rings (SSSR count). The van der Waals surface area contributed by atoms with E-state index in [1.54, 1.807) is 0 Å². The van der Waals surface area contributed by atoms with Gasteiger partial charge in [0.25, 0.3) is 0 Å². The molecule has 1 fully saturated rings.